The highest BCUT2D eigenvalue weighted by Crippen LogP contribution is 2.22. The van der Waals surface area contributed by atoms with Gasteiger partial charge in [-0.2, -0.15) is 0 Å². The molecule has 0 radical (unpaired) electrons. The molecule has 0 saturated carbocycles. The monoisotopic (exact) mass is 438 g/mol. The summed E-state index contributed by atoms with van der Waals surface area (Å²) in [5, 5.41) is 6.26. The number of amides is 2. The van der Waals surface area contributed by atoms with Crippen LogP contribution in [0.3, 0.4) is 0 Å². The number of primary amides is 1. The zero-order chi connectivity index (χ0) is 19.1. The minimum absolute atomic E-state index is 0. The van der Waals surface area contributed by atoms with E-state index in [0.29, 0.717) is 13.1 Å². The molecule has 0 spiro atoms. The van der Waals surface area contributed by atoms with Gasteiger partial charge in [-0.05, 0) is 43.1 Å². The molecule has 3 rings (SSSR count). The van der Waals surface area contributed by atoms with Gasteiger partial charge in [0.15, 0.2) is 0 Å². The number of halogens is 2. The van der Waals surface area contributed by atoms with Crippen LogP contribution in [0.1, 0.15) is 18.4 Å². The molecule has 0 aliphatic carbocycles. The van der Waals surface area contributed by atoms with E-state index in [1.54, 1.807) is 0 Å². The van der Waals surface area contributed by atoms with Gasteiger partial charge in [0.1, 0.15) is 0 Å². The summed E-state index contributed by atoms with van der Waals surface area (Å²) in [6.45, 7) is 2.36. The molecule has 0 bridgehead atoms. The molecule has 1 saturated heterocycles. The van der Waals surface area contributed by atoms with Gasteiger partial charge in [0, 0.05) is 24.5 Å². The van der Waals surface area contributed by atoms with Crippen LogP contribution in [0.15, 0.2) is 54.6 Å². The quantitative estimate of drug-likeness (QED) is 0.619. The Bertz CT molecular complexity index is 783. The Kier molecular flexibility index (Phi) is 10.5. The van der Waals surface area contributed by atoms with Crippen molar-refractivity contribution < 1.29 is 9.59 Å². The summed E-state index contributed by atoms with van der Waals surface area (Å²) < 4.78 is 0. The number of hydrogen-bond donors (Lipinski definition) is 3. The second kappa shape index (κ2) is 12.3. The number of rotatable bonds is 7. The maximum Gasteiger partial charge on any atom is 0.236 e. The van der Waals surface area contributed by atoms with Crippen molar-refractivity contribution in [2.24, 2.45) is 11.7 Å². The lowest BCUT2D eigenvalue weighted by atomic mass is 9.99. The lowest BCUT2D eigenvalue weighted by Gasteiger charge is -2.25. The Morgan fingerprint density at radius 2 is 1.86 bits per heavy atom. The lowest BCUT2D eigenvalue weighted by molar-refractivity contribution is -0.120. The zero-order valence-corrected chi connectivity index (χ0v) is 17.8. The summed E-state index contributed by atoms with van der Waals surface area (Å²) >= 11 is 0. The average molecular weight is 439 g/mol. The van der Waals surface area contributed by atoms with E-state index in [1.165, 1.54) is 0 Å². The molecule has 2 aromatic carbocycles. The summed E-state index contributed by atoms with van der Waals surface area (Å²) in [5.74, 6) is -0.369. The van der Waals surface area contributed by atoms with Gasteiger partial charge in [0.2, 0.25) is 11.8 Å². The number of carbonyl (C=O) groups is 2. The lowest BCUT2D eigenvalue weighted by Crippen LogP contribution is -2.37. The number of nitrogens with two attached hydrogens (primary N) is 1. The standard InChI is InChI=1S/C21H26N4O2.2ClH/c22-20(26)15-25(14-16-6-2-1-3-7-16)19-10-4-9-18(12-19)24-21(27)17-8-5-11-23-13-17;;/h1-4,6-7,9-10,12,17,23H,5,8,11,13-15H2,(H2,22,26)(H,24,27);2*1H. The highest BCUT2D eigenvalue weighted by atomic mass is 35.5. The highest BCUT2D eigenvalue weighted by Gasteiger charge is 2.21. The summed E-state index contributed by atoms with van der Waals surface area (Å²) in [4.78, 5) is 25.9. The summed E-state index contributed by atoms with van der Waals surface area (Å²) in [6.07, 6.45) is 1.92. The fraction of sp³-hybridized carbons (Fsp3) is 0.333. The van der Waals surface area contributed by atoms with Crippen molar-refractivity contribution in [3.63, 3.8) is 0 Å². The van der Waals surface area contributed by atoms with Crippen LogP contribution in [0, 0.1) is 5.92 Å². The minimum Gasteiger partial charge on any atom is -0.368 e. The second-order valence-corrected chi connectivity index (χ2v) is 6.89. The normalized spacial score (nSPS) is 15.4. The molecule has 1 heterocycles. The van der Waals surface area contributed by atoms with Crippen LogP contribution >= 0.6 is 24.8 Å². The van der Waals surface area contributed by atoms with Crippen molar-refractivity contribution in [3.8, 4) is 0 Å². The molecule has 8 heteroatoms. The Balaban J connectivity index is 0.00000210. The van der Waals surface area contributed by atoms with Crippen LogP contribution in [0.25, 0.3) is 0 Å². The number of nitrogens with one attached hydrogen (secondary N) is 2. The van der Waals surface area contributed by atoms with Crippen molar-refractivity contribution in [1.29, 1.82) is 0 Å². The van der Waals surface area contributed by atoms with Crippen molar-refractivity contribution in [3.05, 3.63) is 60.2 Å². The number of carbonyl (C=O) groups excluding carboxylic acids is 2. The first-order valence-electron chi connectivity index (χ1n) is 9.30. The third-order valence-corrected chi connectivity index (χ3v) is 4.71. The third kappa shape index (κ3) is 7.57. The van der Waals surface area contributed by atoms with Gasteiger partial charge in [-0.25, -0.2) is 0 Å². The fourth-order valence-corrected chi connectivity index (χ4v) is 3.33. The van der Waals surface area contributed by atoms with Crippen LogP contribution in [-0.4, -0.2) is 31.4 Å². The van der Waals surface area contributed by atoms with Crippen molar-refractivity contribution in [2.75, 3.05) is 29.9 Å². The van der Waals surface area contributed by atoms with Crippen LogP contribution in [0.4, 0.5) is 11.4 Å². The Hall–Kier alpha value is -2.28. The van der Waals surface area contributed by atoms with Crippen LogP contribution in [0.2, 0.25) is 0 Å². The van der Waals surface area contributed by atoms with E-state index in [1.807, 2.05) is 59.5 Å². The van der Waals surface area contributed by atoms with Crippen LogP contribution < -0.4 is 21.3 Å². The van der Waals surface area contributed by atoms with Crippen molar-refractivity contribution >= 4 is 48.0 Å². The first-order chi connectivity index (χ1) is 13.1. The van der Waals surface area contributed by atoms with Gasteiger partial charge in [0.25, 0.3) is 0 Å². The van der Waals surface area contributed by atoms with Gasteiger partial charge in [-0.1, -0.05) is 36.4 Å². The van der Waals surface area contributed by atoms with E-state index in [-0.39, 0.29) is 43.2 Å². The van der Waals surface area contributed by atoms with E-state index in [0.717, 1.165) is 36.3 Å². The number of hydrogen-bond acceptors (Lipinski definition) is 4. The van der Waals surface area contributed by atoms with E-state index >= 15 is 0 Å². The molecule has 1 aliphatic heterocycles. The van der Waals surface area contributed by atoms with Gasteiger partial charge in [0.05, 0.1) is 12.5 Å². The molecular formula is C21H28Cl2N4O2. The van der Waals surface area contributed by atoms with Gasteiger partial charge >= 0.3 is 0 Å². The smallest absolute Gasteiger partial charge is 0.236 e. The molecule has 1 fully saturated rings. The largest absolute Gasteiger partial charge is 0.368 e. The molecule has 1 unspecified atom stereocenters. The molecule has 6 nitrogen and oxygen atoms in total. The molecule has 2 aromatic rings. The van der Waals surface area contributed by atoms with E-state index in [9.17, 15) is 9.59 Å². The second-order valence-electron chi connectivity index (χ2n) is 6.89. The number of nitrogens with zero attached hydrogens (tertiary/aromatic N) is 1. The topological polar surface area (TPSA) is 87.5 Å². The van der Waals surface area contributed by atoms with Crippen molar-refractivity contribution in [2.45, 2.75) is 19.4 Å². The van der Waals surface area contributed by atoms with E-state index in [4.69, 9.17) is 5.73 Å². The Morgan fingerprint density at radius 3 is 2.52 bits per heavy atom. The van der Waals surface area contributed by atoms with E-state index < -0.39 is 5.91 Å². The van der Waals surface area contributed by atoms with Gasteiger partial charge in [-0.15, -0.1) is 24.8 Å². The SMILES string of the molecule is Cl.Cl.NC(=O)CN(Cc1ccccc1)c1cccc(NC(=O)C2CCCNC2)c1. The molecule has 0 aromatic heterocycles. The zero-order valence-electron chi connectivity index (χ0n) is 16.2. The summed E-state index contributed by atoms with van der Waals surface area (Å²) in [5.41, 5.74) is 8.10. The summed E-state index contributed by atoms with van der Waals surface area (Å²) in [6, 6.07) is 17.5. The van der Waals surface area contributed by atoms with Gasteiger partial charge < -0.3 is 21.3 Å². The maximum atomic E-state index is 12.5. The molecule has 4 N–H and O–H groups in total. The molecule has 1 aliphatic rings. The first-order valence-corrected chi connectivity index (χ1v) is 9.30. The highest BCUT2D eigenvalue weighted by molar-refractivity contribution is 5.93. The minimum atomic E-state index is -0.395. The number of benzene rings is 2. The van der Waals surface area contributed by atoms with Crippen LogP contribution in [0.5, 0.6) is 0 Å². The number of piperidine rings is 1. The Morgan fingerprint density at radius 1 is 1.10 bits per heavy atom. The van der Waals surface area contributed by atoms with Gasteiger partial charge in [-0.3, -0.25) is 9.59 Å². The molecule has 1 atom stereocenters. The average Bonchev–Trinajstić information content (AvgIpc) is 2.69. The Labute approximate surface area is 184 Å². The molecule has 158 valence electrons. The van der Waals surface area contributed by atoms with E-state index in [2.05, 4.69) is 10.6 Å². The predicted molar refractivity (Wildman–Crippen MR) is 122 cm³/mol. The predicted octanol–water partition coefficient (Wildman–Crippen LogP) is 2.96. The molecule has 2 amide bonds. The van der Waals surface area contributed by atoms with Crippen molar-refractivity contribution in [1.82, 2.24) is 5.32 Å². The maximum absolute atomic E-state index is 12.5. The van der Waals surface area contributed by atoms with Crippen LogP contribution in [-0.2, 0) is 16.1 Å². The fourth-order valence-electron chi connectivity index (χ4n) is 3.33. The summed E-state index contributed by atoms with van der Waals surface area (Å²) in [7, 11) is 0. The molecular weight excluding hydrogens is 411 g/mol. The third-order valence-electron chi connectivity index (χ3n) is 4.71. The number of anilines is 2. The first kappa shape index (κ1) is 24.8. The molecule has 29 heavy (non-hydrogen) atoms.